The van der Waals surface area contributed by atoms with Crippen LogP contribution in [0.3, 0.4) is 0 Å². The van der Waals surface area contributed by atoms with Crippen LogP contribution < -0.4 is 4.90 Å². The fourth-order valence-corrected chi connectivity index (χ4v) is 4.36. The summed E-state index contributed by atoms with van der Waals surface area (Å²) in [6.45, 7) is 8.38. The van der Waals surface area contributed by atoms with Gasteiger partial charge in [0.05, 0.1) is 5.69 Å². The van der Waals surface area contributed by atoms with E-state index in [2.05, 4.69) is 28.6 Å². The summed E-state index contributed by atoms with van der Waals surface area (Å²) in [4.78, 5) is 21.4. The average molecular weight is 309 g/mol. The minimum absolute atomic E-state index is 0.203. The first kappa shape index (κ1) is 14.8. The van der Waals surface area contributed by atoms with E-state index in [1.165, 1.54) is 30.7 Å². The molecular formula is C15H23N3O2S. The van der Waals surface area contributed by atoms with Gasteiger partial charge in [0, 0.05) is 25.7 Å². The van der Waals surface area contributed by atoms with E-state index < -0.39 is 5.97 Å². The lowest BCUT2D eigenvalue weighted by atomic mass is 10.0. The molecule has 21 heavy (non-hydrogen) atoms. The number of carbonyl (C=O) groups is 1. The minimum Gasteiger partial charge on any atom is -0.477 e. The van der Waals surface area contributed by atoms with E-state index >= 15 is 0 Å². The van der Waals surface area contributed by atoms with Gasteiger partial charge < -0.3 is 10.0 Å². The molecule has 0 amide bonds. The number of hydrogen-bond donors (Lipinski definition) is 1. The van der Waals surface area contributed by atoms with Crippen molar-refractivity contribution in [2.24, 2.45) is 0 Å². The Morgan fingerprint density at radius 2 is 2.29 bits per heavy atom. The van der Waals surface area contributed by atoms with Gasteiger partial charge in [0.1, 0.15) is 4.88 Å². The van der Waals surface area contributed by atoms with Crippen molar-refractivity contribution in [1.29, 1.82) is 0 Å². The van der Waals surface area contributed by atoms with Crippen LogP contribution in [0.4, 0.5) is 5.13 Å². The monoisotopic (exact) mass is 309 g/mol. The first-order valence-electron chi connectivity index (χ1n) is 7.83. The summed E-state index contributed by atoms with van der Waals surface area (Å²) in [5.74, 6) is -0.637. The Balaban J connectivity index is 1.83. The lowest BCUT2D eigenvalue weighted by Gasteiger charge is -2.37. The summed E-state index contributed by atoms with van der Waals surface area (Å²) < 4.78 is 0. The molecule has 1 aromatic heterocycles. The molecule has 0 spiro atoms. The molecule has 0 aliphatic carbocycles. The molecular weight excluding hydrogens is 286 g/mol. The van der Waals surface area contributed by atoms with Crippen LogP contribution in [-0.4, -0.2) is 53.2 Å². The van der Waals surface area contributed by atoms with Crippen molar-refractivity contribution in [1.82, 2.24) is 9.88 Å². The van der Waals surface area contributed by atoms with Gasteiger partial charge in [-0.25, -0.2) is 9.78 Å². The van der Waals surface area contributed by atoms with Crippen molar-refractivity contribution in [3.8, 4) is 0 Å². The van der Waals surface area contributed by atoms with Gasteiger partial charge in [-0.2, -0.15) is 0 Å². The van der Waals surface area contributed by atoms with Gasteiger partial charge in [-0.1, -0.05) is 25.2 Å². The molecule has 0 aromatic carbocycles. The lowest BCUT2D eigenvalue weighted by Crippen LogP contribution is -2.50. The number of hydrogen-bond acceptors (Lipinski definition) is 5. The fraction of sp³-hybridized carbons (Fsp3) is 0.733. The zero-order chi connectivity index (χ0) is 15.0. The molecule has 2 aliphatic heterocycles. The number of anilines is 1. The number of fused-ring (bicyclic) bond motifs is 1. The van der Waals surface area contributed by atoms with Crippen molar-refractivity contribution in [3.05, 3.63) is 10.6 Å². The predicted molar refractivity (Wildman–Crippen MR) is 84.6 cm³/mol. The third kappa shape index (κ3) is 2.79. The van der Waals surface area contributed by atoms with Gasteiger partial charge in [-0.3, -0.25) is 4.90 Å². The Morgan fingerprint density at radius 3 is 3.00 bits per heavy atom. The third-order valence-electron chi connectivity index (χ3n) is 4.77. The standard InChI is InChI=1S/C15H23N3O2S/c1-3-10(2)12-13(14(19)20)21-15(16-12)18-8-7-17-6-4-5-11(17)9-18/h10-11H,3-9H2,1-2H3,(H,19,20). The fourth-order valence-electron chi connectivity index (χ4n) is 3.30. The normalized spacial score (nSPS) is 24.1. The van der Waals surface area contributed by atoms with Crippen LogP contribution in [0.2, 0.25) is 0 Å². The van der Waals surface area contributed by atoms with Crippen molar-refractivity contribution in [2.75, 3.05) is 31.1 Å². The van der Waals surface area contributed by atoms with E-state index in [4.69, 9.17) is 0 Å². The number of piperazine rings is 1. The van der Waals surface area contributed by atoms with E-state index in [-0.39, 0.29) is 5.92 Å². The van der Waals surface area contributed by atoms with Crippen LogP contribution in [0, 0.1) is 0 Å². The number of aromatic nitrogens is 1. The van der Waals surface area contributed by atoms with Crippen LogP contribution in [0.25, 0.3) is 0 Å². The summed E-state index contributed by atoms with van der Waals surface area (Å²) >= 11 is 1.35. The van der Waals surface area contributed by atoms with E-state index in [1.807, 2.05) is 0 Å². The summed E-state index contributed by atoms with van der Waals surface area (Å²) in [5.41, 5.74) is 0.763. The highest BCUT2D eigenvalue weighted by molar-refractivity contribution is 7.17. The van der Waals surface area contributed by atoms with Gasteiger partial charge in [0.2, 0.25) is 0 Å². The van der Waals surface area contributed by atoms with E-state index in [9.17, 15) is 9.90 Å². The molecule has 116 valence electrons. The van der Waals surface area contributed by atoms with Crippen LogP contribution in [0.5, 0.6) is 0 Å². The van der Waals surface area contributed by atoms with Gasteiger partial charge in [0.15, 0.2) is 5.13 Å². The number of nitrogens with zero attached hydrogens (tertiary/aromatic N) is 3. The lowest BCUT2D eigenvalue weighted by molar-refractivity contribution is 0.0700. The summed E-state index contributed by atoms with van der Waals surface area (Å²) in [5, 5.41) is 10.3. The van der Waals surface area contributed by atoms with Crippen LogP contribution >= 0.6 is 11.3 Å². The first-order chi connectivity index (χ1) is 10.1. The Bertz CT molecular complexity index is 531. The SMILES string of the molecule is CCC(C)c1nc(N2CCN3CCCC3C2)sc1C(=O)O. The van der Waals surface area contributed by atoms with Crippen molar-refractivity contribution in [3.63, 3.8) is 0 Å². The van der Waals surface area contributed by atoms with Crippen LogP contribution in [0.15, 0.2) is 0 Å². The number of thiazole rings is 1. The molecule has 6 heteroatoms. The van der Waals surface area contributed by atoms with Gasteiger partial charge >= 0.3 is 5.97 Å². The van der Waals surface area contributed by atoms with E-state index in [1.54, 1.807) is 0 Å². The average Bonchev–Trinajstić information content (AvgIpc) is 3.11. The summed E-state index contributed by atoms with van der Waals surface area (Å²) in [7, 11) is 0. The Labute approximate surface area is 129 Å². The van der Waals surface area contributed by atoms with Crippen molar-refractivity contribution in [2.45, 2.75) is 45.1 Å². The second kappa shape index (κ2) is 5.93. The molecule has 2 atom stereocenters. The second-order valence-electron chi connectivity index (χ2n) is 6.10. The predicted octanol–water partition coefficient (Wildman–Crippen LogP) is 2.64. The third-order valence-corrected chi connectivity index (χ3v) is 5.89. The minimum atomic E-state index is -0.839. The molecule has 0 bridgehead atoms. The van der Waals surface area contributed by atoms with E-state index in [0.717, 1.165) is 36.9 Å². The second-order valence-corrected chi connectivity index (χ2v) is 7.08. The van der Waals surface area contributed by atoms with Crippen molar-refractivity contribution >= 4 is 22.4 Å². The topological polar surface area (TPSA) is 56.7 Å². The number of carboxylic acids is 1. The maximum atomic E-state index is 11.5. The summed E-state index contributed by atoms with van der Waals surface area (Å²) in [6, 6.07) is 0.628. The molecule has 2 aliphatic rings. The van der Waals surface area contributed by atoms with Crippen LogP contribution in [0.1, 0.15) is 54.4 Å². The van der Waals surface area contributed by atoms with Gasteiger partial charge in [-0.15, -0.1) is 0 Å². The van der Waals surface area contributed by atoms with Gasteiger partial charge in [0.25, 0.3) is 0 Å². The molecule has 1 aromatic rings. The molecule has 2 saturated heterocycles. The molecule has 5 nitrogen and oxygen atoms in total. The van der Waals surface area contributed by atoms with E-state index in [0.29, 0.717) is 10.9 Å². The Hall–Kier alpha value is -1.14. The first-order valence-corrected chi connectivity index (χ1v) is 8.64. The number of aromatic carboxylic acids is 1. The zero-order valence-electron chi connectivity index (χ0n) is 12.7. The molecule has 3 heterocycles. The maximum Gasteiger partial charge on any atom is 0.347 e. The smallest absolute Gasteiger partial charge is 0.347 e. The Morgan fingerprint density at radius 1 is 1.48 bits per heavy atom. The van der Waals surface area contributed by atoms with Crippen molar-refractivity contribution < 1.29 is 9.90 Å². The highest BCUT2D eigenvalue weighted by atomic mass is 32.1. The molecule has 2 unspecified atom stereocenters. The van der Waals surface area contributed by atoms with Crippen LogP contribution in [-0.2, 0) is 0 Å². The summed E-state index contributed by atoms with van der Waals surface area (Å²) in [6.07, 6.45) is 3.46. The highest BCUT2D eigenvalue weighted by Gasteiger charge is 2.32. The number of rotatable bonds is 4. The molecule has 1 N–H and O–H groups in total. The highest BCUT2D eigenvalue weighted by Crippen LogP contribution is 2.34. The molecule has 0 saturated carbocycles. The Kier molecular flexibility index (Phi) is 4.17. The molecule has 3 rings (SSSR count). The quantitative estimate of drug-likeness (QED) is 0.926. The maximum absolute atomic E-state index is 11.5. The number of carboxylic acid groups (broad SMARTS) is 1. The van der Waals surface area contributed by atoms with Gasteiger partial charge in [-0.05, 0) is 31.7 Å². The largest absolute Gasteiger partial charge is 0.477 e. The molecule has 0 radical (unpaired) electrons. The molecule has 2 fully saturated rings. The zero-order valence-corrected chi connectivity index (χ0v) is 13.5.